The van der Waals surface area contributed by atoms with Gasteiger partial charge in [-0.3, -0.25) is 4.79 Å². The Kier molecular flexibility index (Phi) is 5.83. The first-order chi connectivity index (χ1) is 9.74. The Morgan fingerprint density at radius 2 is 2.25 bits per heavy atom. The lowest BCUT2D eigenvalue weighted by molar-refractivity contribution is -0.126. The zero-order valence-electron chi connectivity index (χ0n) is 12.5. The van der Waals surface area contributed by atoms with Crippen LogP contribution in [0.5, 0.6) is 0 Å². The van der Waals surface area contributed by atoms with Crippen molar-refractivity contribution in [2.24, 2.45) is 5.92 Å². The average Bonchev–Trinajstić information content (AvgIpc) is 3.08. The van der Waals surface area contributed by atoms with Crippen molar-refractivity contribution in [2.75, 3.05) is 18.0 Å². The minimum atomic E-state index is 0.193. The highest BCUT2D eigenvalue weighted by Gasteiger charge is 2.27. The highest BCUT2D eigenvalue weighted by Crippen LogP contribution is 2.23. The van der Waals surface area contributed by atoms with Gasteiger partial charge >= 0.3 is 0 Å². The summed E-state index contributed by atoms with van der Waals surface area (Å²) in [7, 11) is 0. The summed E-state index contributed by atoms with van der Waals surface area (Å²) in [4.78, 5) is 18.9. The van der Waals surface area contributed by atoms with Crippen LogP contribution in [-0.2, 0) is 4.79 Å². The number of aromatic nitrogens is 1. The van der Waals surface area contributed by atoms with Gasteiger partial charge in [-0.25, -0.2) is 4.98 Å². The summed E-state index contributed by atoms with van der Waals surface area (Å²) in [6.07, 6.45) is 7.02. The molecule has 2 heterocycles. The van der Waals surface area contributed by atoms with Crippen molar-refractivity contribution in [3.8, 4) is 0 Å². The number of hydrogen-bond acceptors (Lipinski definition) is 4. The smallest absolute Gasteiger partial charge is 0.223 e. The highest BCUT2D eigenvalue weighted by atomic mass is 32.1. The molecule has 1 N–H and O–H groups in total. The van der Waals surface area contributed by atoms with Crippen molar-refractivity contribution < 1.29 is 4.79 Å². The van der Waals surface area contributed by atoms with Crippen LogP contribution >= 0.6 is 11.3 Å². The third-order valence-corrected chi connectivity index (χ3v) is 4.70. The Balaban J connectivity index is 1.83. The molecule has 5 heteroatoms. The second-order valence-electron chi connectivity index (χ2n) is 5.53. The van der Waals surface area contributed by atoms with Crippen LogP contribution < -0.4 is 10.2 Å². The summed E-state index contributed by atoms with van der Waals surface area (Å²) in [5.74, 6) is 0.443. The second kappa shape index (κ2) is 7.62. The summed E-state index contributed by atoms with van der Waals surface area (Å²) < 4.78 is 0. The molecule has 1 unspecified atom stereocenters. The average molecular weight is 295 g/mol. The molecule has 4 nitrogen and oxygen atoms in total. The third kappa shape index (κ3) is 3.95. The molecule has 0 aromatic carbocycles. The van der Waals surface area contributed by atoms with Crippen molar-refractivity contribution >= 4 is 22.4 Å². The molecule has 1 fully saturated rings. The molecule has 0 saturated carbocycles. The first-order valence-electron chi connectivity index (χ1n) is 7.69. The van der Waals surface area contributed by atoms with Gasteiger partial charge in [0.1, 0.15) is 0 Å². The number of carbonyl (C=O) groups is 1. The lowest BCUT2D eigenvalue weighted by Crippen LogP contribution is -2.40. The zero-order valence-corrected chi connectivity index (χ0v) is 13.3. The van der Waals surface area contributed by atoms with Crippen LogP contribution in [0.1, 0.15) is 46.0 Å². The van der Waals surface area contributed by atoms with Gasteiger partial charge in [0.2, 0.25) is 5.91 Å². The predicted octanol–water partition coefficient (Wildman–Crippen LogP) is 3.05. The fraction of sp³-hybridized carbons (Fsp3) is 0.733. The van der Waals surface area contributed by atoms with E-state index in [9.17, 15) is 4.79 Å². The van der Waals surface area contributed by atoms with Gasteiger partial charge in [0.25, 0.3) is 0 Å². The summed E-state index contributed by atoms with van der Waals surface area (Å²) >= 11 is 1.67. The minimum absolute atomic E-state index is 0.193. The van der Waals surface area contributed by atoms with E-state index in [1.54, 1.807) is 11.3 Å². The maximum atomic E-state index is 12.3. The van der Waals surface area contributed by atoms with E-state index in [4.69, 9.17) is 0 Å². The van der Waals surface area contributed by atoms with Crippen molar-refractivity contribution in [1.29, 1.82) is 0 Å². The molecule has 0 radical (unpaired) electrons. The normalized spacial score (nSPS) is 18.8. The fourth-order valence-corrected chi connectivity index (χ4v) is 3.53. The number of carbonyl (C=O) groups excluding carboxylic acids is 1. The van der Waals surface area contributed by atoms with Gasteiger partial charge in [0.15, 0.2) is 5.13 Å². The van der Waals surface area contributed by atoms with Crippen molar-refractivity contribution in [1.82, 2.24) is 10.3 Å². The van der Waals surface area contributed by atoms with Crippen LogP contribution in [0.25, 0.3) is 0 Å². The summed E-state index contributed by atoms with van der Waals surface area (Å²) in [5.41, 5.74) is 0. The molecule has 1 aromatic rings. The van der Waals surface area contributed by atoms with E-state index in [0.717, 1.165) is 50.3 Å². The number of thiazole rings is 1. The van der Waals surface area contributed by atoms with E-state index in [2.05, 4.69) is 29.0 Å². The Bertz CT molecular complexity index is 401. The van der Waals surface area contributed by atoms with Gasteiger partial charge in [0.05, 0.1) is 0 Å². The number of rotatable bonds is 7. The molecule has 1 aliphatic rings. The quantitative estimate of drug-likeness (QED) is 0.841. The Morgan fingerprint density at radius 1 is 1.50 bits per heavy atom. The summed E-state index contributed by atoms with van der Waals surface area (Å²) in [6, 6.07) is 0.280. The highest BCUT2D eigenvalue weighted by molar-refractivity contribution is 7.13. The predicted molar refractivity (Wildman–Crippen MR) is 84.2 cm³/mol. The molecule has 0 bridgehead atoms. The molecular weight excluding hydrogens is 270 g/mol. The molecule has 1 amide bonds. The molecule has 2 rings (SSSR count). The lowest BCUT2D eigenvalue weighted by atomic mass is 9.97. The molecule has 1 aliphatic heterocycles. The Morgan fingerprint density at radius 3 is 2.85 bits per heavy atom. The number of hydrogen-bond donors (Lipinski definition) is 1. The van der Waals surface area contributed by atoms with E-state index >= 15 is 0 Å². The first-order valence-corrected chi connectivity index (χ1v) is 8.57. The molecule has 20 heavy (non-hydrogen) atoms. The maximum Gasteiger partial charge on any atom is 0.223 e. The number of nitrogens with zero attached hydrogens (tertiary/aromatic N) is 2. The van der Waals surface area contributed by atoms with Crippen molar-refractivity contribution in [3.63, 3.8) is 0 Å². The van der Waals surface area contributed by atoms with E-state index in [0.29, 0.717) is 0 Å². The molecule has 112 valence electrons. The molecule has 1 atom stereocenters. The standard InChI is InChI=1S/C15H25N3OS/c1-3-5-12(6-4-2)14(19)17-13-7-9-18(11-13)15-16-8-10-20-15/h8,10,12-13H,3-7,9,11H2,1-2H3,(H,17,19). The van der Waals surface area contributed by atoms with Gasteiger partial charge in [-0.2, -0.15) is 0 Å². The maximum absolute atomic E-state index is 12.3. The van der Waals surface area contributed by atoms with Gasteiger partial charge < -0.3 is 10.2 Å². The molecular formula is C15H25N3OS. The lowest BCUT2D eigenvalue weighted by Gasteiger charge is -2.19. The van der Waals surface area contributed by atoms with Crippen LogP contribution in [0.15, 0.2) is 11.6 Å². The topological polar surface area (TPSA) is 45.2 Å². The largest absolute Gasteiger partial charge is 0.351 e. The second-order valence-corrected chi connectivity index (χ2v) is 6.40. The van der Waals surface area contributed by atoms with E-state index < -0.39 is 0 Å². The van der Waals surface area contributed by atoms with Gasteiger partial charge in [-0.15, -0.1) is 11.3 Å². The molecule has 1 aromatic heterocycles. The van der Waals surface area contributed by atoms with E-state index in [-0.39, 0.29) is 17.9 Å². The molecule has 0 spiro atoms. The Labute approximate surface area is 125 Å². The van der Waals surface area contributed by atoms with Gasteiger partial charge in [-0.1, -0.05) is 26.7 Å². The van der Waals surface area contributed by atoms with Crippen LogP contribution in [0.3, 0.4) is 0 Å². The summed E-state index contributed by atoms with van der Waals surface area (Å²) in [5, 5.41) is 6.31. The Hall–Kier alpha value is -1.10. The monoisotopic (exact) mass is 295 g/mol. The molecule has 0 aliphatic carbocycles. The number of anilines is 1. The minimum Gasteiger partial charge on any atom is -0.351 e. The van der Waals surface area contributed by atoms with E-state index in [1.807, 2.05) is 11.6 Å². The van der Waals surface area contributed by atoms with Crippen molar-refractivity contribution in [3.05, 3.63) is 11.6 Å². The summed E-state index contributed by atoms with van der Waals surface area (Å²) in [6.45, 7) is 6.18. The van der Waals surface area contributed by atoms with Crippen LogP contribution in [-0.4, -0.2) is 30.0 Å². The van der Waals surface area contributed by atoms with Crippen LogP contribution in [0.4, 0.5) is 5.13 Å². The fourth-order valence-electron chi connectivity index (χ4n) is 2.85. The zero-order chi connectivity index (χ0) is 14.4. The van der Waals surface area contributed by atoms with Crippen LogP contribution in [0, 0.1) is 5.92 Å². The number of nitrogens with one attached hydrogen (secondary N) is 1. The van der Waals surface area contributed by atoms with Gasteiger partial charge in [0, 0.05) is 36.6 Å². The SMILES string of the molecule is CCCC(CCC)C(=O)NC1CCN(c2nccs2)C1. The first kappa shape index (κ1) is 15.3. The van der Waals surface area contributed by atoms with Crippen molar-refractivity contribution in [2.45, 2.75) is 52.0 Å². The van der Waals surface area contributed by atoms with E-state index in [1.165, 1.54) is 0 Å². The van der Waals surface area contributed by atoms with Crippen LogP contribution in [0.2, 0.25) is 0 Å². The van der Waals surface area contributed by atoms with Gasteiger partial charge in [-0.05, 0) is 19.3 Å². The molecule has 1 saturated heterocycles. The number of amides is 1. The third-order valence-electron chi connectivity index (χ3n) is 3.87.